The van der Waals surface area contributed by atoms with Crippen molar-refractivity contribution < 1.29 is 70.5 Å². The SMILES string of the molecule is CCOP(=O)([O-])CCc1cc(C(C)(C)C)c(O)c(C(C)(C)C)c1.[K+]. The molecule has 1 aromatic carbocycles. The fraction of sp³-hybridized carbons (Fsp3) is 0.667. The Balaban J connectivity index is 0.00000529. The quantitative estimate of drug-likeness (QED) is 0.614. The van der Waals surface area contributed by atoms with E-state index in [-0.39, 0.29) is 75.0 Å². The standard InChI is InChI=1S/C18H31O4P.K/c1-8-22-23(20,21)10-9-13-11-14(17(2,3)4)16(19)15(12-13)18(5,6)7;/h11-12,19H,8-10H2,1-7H3,(H,20,21);/q;+1/p-1. The Morgan fingerprint density at radius 3 is 1.83 bits per heavy atom. The smallest absolute Gasteiger partial charge is 0.778 e. The molecule has 0 aliphatic rings. The van der Waals surface area contributed by atoms with Crippen LogP contribution in [-0.2, 0) is 26.3 Å². The fourth-order valence-corrected chi connectivity index (χ4v) is 3.56. The molecule has 1 atom stereocenters. The average molecular weight is 381 g/mol. The van der Waals surface area contributed by atoms with Gasteiger partial charge < -0.3 is 19.1 Å². The van der Waals surface area contributed by atoms with Gasteiger partial charge in [-0.2, -0.15) is 0 Å². The molecule has 0 aliphatic carbocycles. The molecule has 0 saturated heterocycles. The second-order valence-electron chi connectivity index (χ2n) is 8.04. The zero-order valence-corrected chi connectivity index (χ0v) is 20.4. The van der Waals surface area contributed by atoms with E-state index in [0.717, 1.165) is 16.7 Å². The summed E-state index contributed by atoms with van der Waals surface area (Å²) in [6.07, 6.45) is 0.353. The van der Waals surface area contributed by atoms with Gasteiger partial charge in [0.2, 0.25) is 0 Å². The number of aryl methyl sites for hydroxylation is 1. The second-order valence-corrected chi connectivity index (χ2v) is 9.97. The molecule has 0 radical (unpaired) electrons. The van der Waals surface area contributed by atoms with Crippen molar-refractivity contribution in [2.45, 2.75) is 65.7 Å². The molecule has 0 aliphatic heterocycles. The van der Waals surface area contributed by atoms with Crippen LogP contribution in [0.15, 0.2) is 12.1 Å². The first-order chi connectivity index (χ1) is 10.3. The summed E-state index contributed by atoms with van der Waals surface area (Å²) in [7, 11) is -3.79. The summed E-state index contributed by atoms with van der Waals surface area (Å²) in [6.45, 7) is 14.1. The van der Waals surface area contributed by atoms with Crippen molar-refractivity contribution in [2.75, 3.05) is 12.8 Å². The molecule has 0 bridgehead atoms. The number of phenolic OH excluding ortho intramolecular Hbond substituents is 1. The topological polar surface area (TPSA) is 69.6 Å². The van der Waals surface area contributed by atoms with E-state index in [2.05, 4.69) is 0 Å². The van der Waals surface area contributed by atoms with Gasteiger partial charge in [0.05, 0.1) is 6.61 Å². The number of hydrogen-bond donors (Lipinski definition) is 1. The molecule has 132 valence electrons. The molecule has 24 heavy (non-hydrogen) atoms. The maximum atomic E-state index is 11.8. The summed E-state index contributed by atoms with van der Waals surface area (Å²) in [6, 6.07) is 3.83. The third-order valence-corrected chi connectivity index (χ3v) is 5.21. The predicted molar refractivity (Wildman–Crippen MR) is 93.3 cm³/mol. The van der Waals surface area contributed by atoms with E-state index in [1.54, 1.807) is 6.92 Å². The molecule has 1 aromatic rings. The van der Waals surface area contributed by atoms with Crippen LogP contribution in [0.1, 0.15) is 65.2 Å². The minimum absolute atomic E-state index is 0. The van der Waals surface area contributed by atoms with Crippen LogP contribution < -0.4 is 56.3 Å². The normalized spacial score (nSPS) is 14.8. The van der Waals surface area contributed by atoms with Crippen molar-refractivity contribution in [3.8, 4) is 5.75 Å². The molecule has 0 spiro atoms. The number of benzene rings is 1. The van der Waals surface area contributed by atoms with Gasteiger partial charge in [-0.15, -0.1) is 0 Å². The van der Waals surface area contributed by atoms with Crippen LogP contribution in [0, 0.1) is 0 Å². The third kappa shape index (κ3) is 7.20. The average Bonchev–Trinajstić information content (AvgIpc) is 2.34. The maximum Gasteiger partial charge on any atom is 1.00 e. The van der Waals surface area contributed by atoms with E-state index in [1.165, 1.54) is 0 Å². The van der Waals surface area contributed by atoms with Gasteiger partial charge in [-0.25, -0.2) is 0 Å². The van der Waals surface area contributed by atoms with E-state index in [9.17, 15) is 14.6 Å². The summed E-state index contributed by atoms with van der Waals surface area (Å²) in [5, 5.41) is 10.7. The van der Waals surface area contributed by atoms with Crippen molar-refractivity contribution in [1.82, 2.24) is 0 Å². The van der Waals surface area contributed by atoms with Crippen molar-refractivity contribution in [3.05, 3.63) is 28.8 Å². The largest absolute Gasteiger partial charge is 1.00 e. The molecule has 0 saturated carbocycles. The van der Waals surface area contributed by atoms with Crippen LogP contribution in [0.4, 0.5) is 0 Å². The van der Waals surface area contributed by atoms with Crippen LogP contribution in [0.5, 0.6) is 5.75 Å². The Kier molecular flexibility index (Phi) is 9.45. The first-order valence-electron chi connectivity index (χ1n) is 8.09. The zero-order chi connectivity index (χ0) is 18.1. The molecule has 1 N–H and O–H groups in total. The molecule has 0 aromatic heterocycles. The summed E-state index contributed by atoms with van der Waals surface area (Å²) < 4.78 is 16.6. The van der Waals surface area contributed by atoms with Gasteiger partial charge in [0.15, 0.2) is 0 Å². The van der Waals surface area contributed by atoms with Gasteiger partial charge in [-0.1, -0.05) is 53.7 Å². The third-order valence-electron chi connectivity index (χ3n) is 3.79. The van der Waals surface area contributed by atoms with Gasteiger partial charge in [0.1, 0.15) is 13.3 Å². The van der Waals surface area contributed by atoms with Crippen molar-refractivity contribution >= 4 is 7.60 Å². The summed E-state index contributed by atoms with van der Waals surface area (Å²) in [4.78, 5) is 11.8. The Morgan fingerprint density at radius 1 is 1.08 bits per heavy atom. The summed E-state index contributed by atoms with van der Waals surface area (Å²) in [5.41, 5.74) is 2.16. The van der Waals surface area contributed by atoms with Gasteiger partial charge in [0.25, 0.3) is 0 Å². The summed E-state index contributed by atoms with van der Waals surface area (Å²) >= 11 is 0. The van der Waals surface area contributed by atoms with Crippen LogP contribution in [0.25, 0.3) is 0 Å². The molecule has 0 fully saturated rings. The van der Waals surface area contributed by atoms with Crippen LogP contribution in [0.2, 0.25) is 0 Å². The van der Waals surface area contributed by atoms with E-state index in [0.29, 0.717) is 12.2 Å². The minimum Gasteiger partial charge on any atom is -0.778 e. The number of phenols is 1. The Labute approximate surface area is 189 Å². The van der Waals surface area contributed by atoms with Gasteiger partial charge in [-0.3, -0.25) is 0 Å². The first-order valence-corrected chi connectivity index (χ1v) is 9.82. The molecule has 4 nitrogen and oxygen atoms in total. The number of aromatic hydroxyl groups is 1. The van der Waals surface area contributed by atoms with Crippen molar-refractivity contribution in [2.24, 2.45) is 0 Å². The van der Waals surface area contributed by atoms with Gasteiger partial charge >= 0.3 is 51.4 Å². The molecule has 1 rings (SSSR count). The maximum absolute atomic E-state index is 11.8. The minimum atomic E-state index is -3.79. The van der Waals surface area contributed by atoms with Crippen LogP contribution >= 0.6 is 7.60 Å². The fourth-order valence-electron chi connectivity index (χ4n) is 2.51. The van der Waals surface area contributed by atoms with Crippen molar-refractivity contribution in [1.29, 1.82) is 0 Å². The van der Waals surface area contributed by atoms with Crippen molar-refractivity contribution in [3.63, 3.8) is 0 Å². The van der Waals surface area contributed by atoms with Gasteiger partial charge in [-0.05, 0) is 40.9 Å². The molecular formula is C18H30KO4P. The Bertz CT molecular complexity index is 565. The van der Waals surface area contributed by atoms with Crippen LogP contribution in [-0.4, -0.2) is 17.9 Å². The van der Waals surface area contributed by atoms with E-state index < -0.39 is 7.60 Å². The zero-order valence-electron chi connectivity index (χ0n) is 16.4. The van der Waals surface area contributed by atoms with Gasteiger partial charge in [0, 0.05) is 6.16 Å². The molecule has 6 heteroatoms. The Hall–Kier alpha value is 0.806. The molecule has 0 heterocycles. The summed E-state index contributed by atoms with van der Waals surface area (Å²) in [5.74, 6) is 0.309. The monoisotopic (exact) mass is 380 g/mol. The number of hydrogen-bond acceptors (Lipinski definition) is 4. The van der Waals surface area contributed by atoms with Crippen LogP contribution in [0.3, 0.4) is 0 Å². The Morgan fingerprint density at radius 2 is 1.50 bits per heavy atom. The molecule has 0 amide bonds. The number of rotatable bonds is 5. The predicted octanol–water partition coefficient (Wildman–Crippen LogP) is 1.12. The van der Waals surface area contributed by atoms with E-state index >= 15 is 0 Å². The van der Waals surface area contributed by atoms with E-state index in [1.807, 2.05) is 53.7 Å². The molecular weight excluding hydrogens is 350 g/mol. The first kappa shape index (κ1) is 24.8. The molecule has 1 unspecified atom stereocenters. The second kappa shape index (κ2) is 9.14. The van der Waals surface area contributed by atoms with E-state index in [4.69, 9.17) is 4.52 Å².